The van der Waals surface area contributed by atoms with Crippen molar-refractivity contribution in [1.29, 1.82) is 0 Å². The zero-order valence-electron chi connectivity index (χ0n) is 15.7. The number of thiazole rings is 1. The van der Waals surface area contributed by atoms with Crippen molar-refractivity contribution < 1.29 is 4.79 Å². The van der Waals surface area contributed by atoms with Crippen LogP contribution in [0.1, 0.15) is 33.4 Å². The van der Waals surface area contributed by atoms with Gasteiger partial charge in [-0.1, -0.05) is 27.7 Å². The lowest BCUT2D eigenvalue weighted by Crippen LogP contribution is -2.41. The van der Waals surface area contributed by atoms with Crippen LogP contribution >= 0.6 is 22.7 Å². The van der Waals surface area contributed by atoms with Crippen molar-refractivity contribution in [2.24, 2.45) is 5.92 Å². The first-order valence-electron chi connectivity index (χ1n) is 9.00. The van der Waals surface area contributed by atoms with E-state index in [2.05, 4.69) is 54.4 Å². The average molecular weight is 380 g/mol. The summed E-state index contributed by atoms with van der Waals surface area (Å²) in [7, 11) is 0. The molecule has 1 amide bonds. The molecule has 6 heteroatoms. The van der Waals surface area contributed by atoms with Crippen LogP contribution in [0, 0.1) is 5.92 Å². The SMILES string of the molecule is CCN(CC)CCN(CC(C)C)C(=O)Cc1csc(-c2ccsc2)n1. The van der Waals surface area contributed by atoms with Crippen molar-refractivity contribution in [3.63, 3.8) is 0 Å². The third-order valence-electron chi connectivity index (χ3n) is 4.17. The second-order valence-electron chi connectivity index (χ2n) is 6.59. The molecule has 2 aromatic heterocycles. The van der Waals surface area contributed by atoms with Gasteiger partial charge in [0.05, 0.1) is 12.1 Å². The smallest absolute Gasteiger partial charge is 0.228 e. The van der Waals surface area contributed by atoms with E-state index in [0.717, 1.165) is 49.0 Å². The number of carbonyl (C=O) groups excluding carboxylic acids is 1. The van der Waals surface area contributed by atoms with Gasteiger partial charge in [-0.3, -0.25) is 4.79 Å². The Hall–Kier alpha value is -1.24. The van der Waals surface area contributed by atoms with Crippen LogP contribution in [-0.4, -0.2) is 53.4 Å². The summed E-state index contributed by atoms with van der Waals surface area (Å²) in [5.74, 6) is 0.653. The van der Waals surface area contributed by atoms with Crippen molar-refractivity contribution >= 4 is 28.6 Å². The van der Waals surface area contributed by atoms with Crippen LogP contribution in [0.4, 0.5) is 0 Å². The van der Waals surface area contributed by atoms with Crippen LogP contribution in [0.5, 0.6) is 0 Å². The van der Waals surface area contributed by atoms with E-state index in [1.165, 1.54) is 0 Å². The Morgan fingerprint density at radius 1 is 1.20 bits per heavy atom. The second kappa shape index (κ2) is 10.0. The summed E-state index contributed by atoms with van der Waals surface area (Å²) < 4.78 is 0. The third-order valence-corrected chi connectivity index (χ3v) is 5.79. The van der Waals surface area contributed by atoms with Gasteiger partial charge in [-0.15, -0.1) is 11.3 Å². The molecule has 0 fully saturated rings. The first kappa shape index (κ1) is 20.1. The monoisotopic (exact) mass is 379 g/mol. The lowest BCUT2D eigenvalue weighted by atomic mass is 10.2. The molecule has 2 rings (SSSR count). The first-order valence-corrected chi connectivity index (χ1v) is 10.8. The molecule has 2 heterocycles. The first-order chi connectivity index (χ1) is 12.0. The quantitative estimate of drug-likeness (QED) is 0.619. The molecule has 0 aliphatic rings. The normalized spacial score (nSPS) is 11.4. The lowest BCUT2D eigenvalue weighted by molar-refractivity contribution is -0.131. The van der Waals surface area contributed by atoms with Crippen LogP contribution in [0.15, 0.2) is 22.2 Å². The number of amides is 1. The molecule has 0 radical (unpaired) electrons. The summed E-state index contributed by atoms with van der Waals surface area (Å²) in [6.07, 6.45) is 0.394. The summed E-state index contributed by atoms with van der Waals surface area (Å²) in [5, 5.41) is 7.17. The maximum absolute atomic E-state index is 12.8. The molecule has 0 aliphatic carbocycles. The molecule has 0 saturated carbocycles. The molecule has 0 saturated heterocycles. The van der Waals surface area contributed by atoms with E-state index in [9.17, 15) is 4.79 Å². The molecule has 2 aromatic rings. The summed E-state index contributed by atoms with van der Waals surface area (Å²) in [4.78, 5) is 21.8. The van der Waals surface area contributed by atoms with Gasteiger partial charge in [-0.05, 0) is 30.5 Å². The molecule has 0 aliphatic heterocycles. The average Bonchev–Trinajstić information content (AvgIpc) is 3.25. The minimum absolute atomic E-state index is 0.183. The van der Waals surface area contributed by atoms with Crippen LogP contribution in [0.2, 0.25) is 0 Å². The maximum Gasteiger partial charge on any atom is 0.228 e. The summed E-state index contributed by atoms with van der Waals surface area (Å²) >= 11 is 3.29. The molecule has 0 atom stereocenters. The van der Waals surface area contributed by atoms with Crippen molar-refractivity contribution in [2.45, 2.75) is 34.1 Å². The number of rotatable bonds is 10. The minimum atomic E-state index is 0.183. The van der Waals surface area contributed by atoms with Gasteiger partial charge in [0.1, 0.15) is 5.01 Å². The molecule has 138 valence electrons. The molecule has 0 unspecified atom stereocenters. The van der Waals surface area contributed by atoms with Gasteiger partial charge in [0.15, 0.2) is 0 Å². The van der Waals surface area contributed by atoms with Crippen molar-refractivity contribution in [3.8, 4) is 10.6 Å². The van der Waals surface area contributed by atoms with E-state index in [1.54, 1.807) is 22.7 Å². The Morgan fingerprint density at radius 3 is 2.56 bits per heavy atom. The molecule has 0 spiro atoms. The Balaban J connectivity index is 1.98. The van der Waals surface area contributed by atoms with E-state index in [-0.39, 0.29) is 5.91 Å². The van der Waals surface area contributed by atoms with Gasteiger partial charge in [0.2, 0.25) is 5.91 Å². The lowest BCUT2D eigenvalue weighted by Gasteiger charge is -2.27. The fraction of sp³-hybridized carbons (Fsp3) is 0.579. The van der Waals surface area contributed by atoms with Crippen LogP contribution in [0.3, 0.4) is 0 Å². The van der Waals surface area contributed by atoms with Crippen molar-refractivity contribution in [1.82, 2.24) is 14.8 Å². The van der Waals surface area contributed by atoms with Crippen molar-refractivity contribution in [2.75, 3.05) is 32.7 Å². The number of hydrogen-bond acceptors (Lipinski definition) is 5. The topological polar surface area (TPSA) is 36.4 Å². The highest BCUT2D eigenvalue weighted by Crippen LogP contribution is 2.26. The third kappa shape index (κ3) is 6.20. The van der Waals surface area contributed by atoms with Gasteiger partial charge in [-0.2, -0.15) is 11.3 Å². The number of aromatic nitrogens is 1. The van der Waals surface area contributed by atoms with Gasteiger partial charge >= 0.3 is 0 Å². The largest absolute Gasteiger partial charge is 0.341 e. The number of nitrogens with zero attached hydrogens (tertiary/aromatic N) is 3. The second-order valence-corrected chi connectivity index (χ2v) is 8.23. The molecule has 0 N–H and O–H groups in total. The maximum atomic E-state index is 12.8. The van der Waals surface area contributed by atoms with E-state index >= 15 is 0 Å². The fourth-order valence-electron chi connectivity index (χ4n) is 2.73. The highest BCUT2D eigenvalue weighted by molar-refractivity contribution is 7.14. The molecule has 4 nitrogen and oxygen atoms in total. The Bertz CT molecular complexity index is 633. The van der Waals surface area contributed by atoms with Gasteiger partial charge in [0, 0.05) is 36.0 Å². The van der Waals surface area contributed by atoms with E-state index < -0.39 is 0 Å². The molecular weight excluding hydrogens is 350 g/mol. The molecule has 25 heavy (non-hydrogen) atoms. The van der Waals surface area contributed by atoms with Crippen LogP contribution < -0.4 is 0 Å². The highest BCUT2D eigenvalue weighted by atomic mass is 32.1. The number of carbonyl (C=O) groups is 1. The van der Waals surface area contributed by atoms with Crippen molar-refractivity contribution in [3.05, 3.63) is 27.9 Å². The Kier molecular flexibility index (Phi) is 8.06. The molecule has 0 aromatic carbocycles. The zero-order chi connectivity index (χ0) is 18.2. The van der Waals surface area contributed by atoms with E-state index in [0.29, 0.717) is 12.3 Å². The zero-order valence-corrected chi connectivity index (χ0v) is 17.3. The van der Waals surface area contributed by atoms with E-state index in [1.807, 2.05) is 10.3 Å². The molecular formula is C19H29N3OS2. The van der Waals surface area contributed by atoms with E-state index in [4.69, 9.17) is 0 Å². The Morgan fingerprint density at radius 2 is 1.96 bits per heavy atom. The molecule has 0 bridgehead atoms. The summed E-state index contributed by atoms with van der Waals surface area (Å²) in [6.45, 7) is 13.2. The predicted molar refractivity (Wildman–Crippen MR) is 108 cm³/mol. The number of hydrogen-bond donors (Lipinski definition) is 0. The van der Waals surface area contributed by atoms with Crippen LogP contribution in [0.25, 0.3) is 10.6 Å². The number of thiophene rings is 1. The minimum Gasteiger partial charge on any atom is -0.341 e. The van der Waals surface area contributed by atoms with Gasteiger partial charge in [-0.25, -0.2) is 4.98 Å². The summed E-state index contributed by atoms with van der Waals surface area (Å²) in [6, 6.07) is 2.07. The standard InChI is InChI=1S/C19H29N3OS2/c1-5-21(6-2)8-9-22(12-15(3)4)18(23)11-17-14-25-19(20-17)16-7-10-24-13-16/h7,10,13-15H,5-6,8-9,11-12H2,1-4H3. The number of likely N-dealkylation sites (N-methyl/N-ethyl adjacent to an activating group) is 1. The van der Waals surface area contributed by atoms with Gasteiger partial charge < -0.3 is 9.80 Å². The fourth-order valence-corrected chi connectivity index (χ4v) is 4.27. The highest BCUT2D eigenvalue weighted by Gasteiger charge is 2.18. The van der Waals surface area contributed by atoms with Crippen LogP contribution in [-0.2, 0) is 11.2 Å². The predicted octanol–water partition coefficient (Wildman–Crippen LogP) is 4.24. The van der Waals surface area contributed by atoms with Gasteiger partial charge in [0.25, 0.3) is 0 Å². The Labute approximate surface area is 159 Å². The summed E-state index contributed by atoms with van der Waals surface area (Å²) in [5.41, 5.74) is 2.03.